The second-order valence-electron chi connectivity index (χ2n) is 0.447. The number of rotatable bonds is 0. The summed E-state index contributed by atoms with van der Waals surface area (Å²) in [6.07, 6.45) is 0. The molecule has 0 N–H and O–H groups in total. The predicted octanol–water partition coefficient (Wildman–Crippen LogP) is -2.79. The van der Waals surface area contributed by atoms with Crippen molar-refractivity contribution in [3.63, 3.8) is 0 Å². The molecule has 0 spiro atoms. The minimum absolute atomic E-state index is 0. The molecule has 0 heterocycles. The first-order valence-corrected chi connectivity index (χ1v) is 2.19. The van der Waals surface area contributed by atoms with Crippen LogP contribution in [-0.2, 0) is 4.57 Å². The van der Waals surface area contributed by atoms with Crippen LogP contribution in [0.4, 0.5) is 4.70 Å². The van der Waals surface area contributed by atoms with Crippen LogP contribution >= 0.6 is 7.82 Å². The molecule has 0 aliphatic heterocycles. The van der Waals surface area contributed by atoms with Gasteiger partial charge < -0.3 is 19.2 Å². The van der Waals surface area contributed by atoms with Crippen LogP contribution in [0.2, 0.25) is 0 Å². The molecule has 7 heavy (non-hydrogen) atoms. The van der Waals surface area contributed by atoms with Crippen LogP contribution in [0.15, 0.2) is 0 Å². The number of hydrogen-bond acceptors (Lipinski definition) is 4. The zero-order valence-corrected chi connectivity index (χ0v) is 6.27. The van der Waals surface area contributed by atoms with Crippen molar-refractivity contribution in [3.05, 3.63) is 0 Å². The number of hydrogen-bond donors (Lipinski definition) is 0. The van der Waals surface area contributed by atoms with Crippen LogP contribution in [0, 0.1) is 0 Å². The largest absolute Gasteiger partial charge is 0.822 e. The predicted molar refractivity (Wildman–Crippen MR) is 14.5 cm³/mol. The first-order chi connectivity index (χ1) is 2.00. The molecule has 0 aromatic rings. The van der Waals surface area contributed by atoms with E-state index in [0.717, 1.165) is 0 Å². The fourth-order valence-electron chi connectivity index (χ4n) is 0. The molecular weight excluding hydrogens is 154 g/mol. The van der Waals surface area contributed by atoms with E-state index < -0.39 is 7.82 Å². The molecule has 0 aliphatic rings. The topological polar surface area (TPSA) is 86.2 Å². The van der Waals surface area contributed by atoms with E-state index >= 15 is 0 Å². The van der Waals surface area contributed by atoms with Gasteiger partial charge in [0.05, 0.1) is 0 Å². The molecule has 0 saturated heterocycles. The summed E-state index contributed by atoms with van der Waals surface area (Å²) in [6, 6.07) is 0. The van der Waals surface area contributed by atoms with Gasteiger partial charge in [-0.1, -0.05) is 0 Å². The summed E-state index contributed by atoms with van der Waals surface area (Å²) in [6.45, 7) is 0. The molecule has 0 rings (SSSR count). The van der Waals surface area contributed by atoms with Crippen molar-refractivity contribution < 1.29 is 23.9 Å². The minimum atomic E-state index is -5.39. The van der Waals surface area contributed by atoms with Crippen LogP contribution in [0.5, 0.6) is 0 Å². The molecular formula is CaFO4P-3. The molecule has 7 heteroatoms. The standard InChI is InChI=1S/Ca.F.H3O4P/c;;1-5(2,3)4/h;;(H3,1,2,3,4)/p-3. The van der Waals surface area contributed by atoms with Crippen molar-refractivity contribution in [2.45, 2.75) is 0 Å². The molecule has 0 saturated carbocycles. The Hall–Kier alpha value is 1.30. The fourth-order valence-corrected chi connectivity index (χ4v) is 0. The van der Waals surface area contributed by atoms with E-state index in [1.807, 2.05) is 0 Å². The van der Waals surface area contributed by atoms with Gasteiger partial charge in [0.1, 0.15) is 0 Å². The zero-order chi connectivity index (χ0) is 4.50. The van der Waals surface area contributed by atoms with Crippen molar-refractivity contribution in [1.82, 2.24) is 0 Å². The smallest absolute Gasteiger partial charge is 0 e. The summed E-state index contributed by atoms with van der Waals surface area (Å²) in [4.78, 5) is 25.6. The summed E-state index contributed by atoms with van der Waals surface area (Å²) < 4.78 is 8.55. The van der Waals surface area contributed by atoms with Gasteiger partial charge in [-0.2, -0.15) is 7.82 Å². The van der Waals surface area contributed by atoms with Crippen molar-refractivity contribution in [2.75, 3.05) is 0 Å². The van der Waals surface area contributed by atoms with Crippen molar-refractivity contribution in [1.29, 1.82) is 0 Å². The monoisotopic (exact) mass is 154 g/mol. The van der Waals surface area contributed by atoms with E-state index in [1.54, 1.807) is 0 Å². The molecule has 0 aliphatic carbocycles. The molecule has 41 valence electrons. The fraction of sp³-hybridized carbons (Fsp3) is 0. The molecule has 0 unspecified atom stereocenters. The van der Waals surface area contributed by atoms with E-state index in [0.29, 0.717) is 0 Å². The van der Waals surface area contributed by atoms with Crippen molar-refractivity contribution in [3.8, 4) is 0 Å². The number of phosphoric acid groups is 1. The Kier molecular flexibility index (Phi) is 12.2. The Bertz CT molecular complexity index is 57.8. The van der Waals surface area contributed by atoms with E-state index in [9.17, 15) is 0 Å². The summed E-state index contributed by atoms with van der Waals surface area (Å²) in [5, 5.41) is 0. The average Bonchev–Trinajstić information content (AvgIpc) is 0.722. The van der Waals surface area contributed by atoms with Crippen LogP contribution in [0.3, 0.4) is 0 Å². The van der Waals surface area contributed by atoms with Crippen LogP contribution in [0.1, 0.15) is 0 Å². The van der Waals surface area contributed by atoms with Gasteiger partial charge >= 0.3 is 0 Å². The van der Waals surface area contributed by atoms with Gasteiger partial charge in [0.2, 0.25) is 0 Å². The van der Waals surface area contributed by atoms with Crippen LogP contribution < -0.4 is 14.7 Å². The summed E-state index contributed by atoms with van der Waals surface area (Å²) in [5.41, 5.74) is 0. The maximum Gasteiger partial charge on any atom is 0 e. The van der Waals surface area contributed by atoms with Crippen molar-refractivity contribution in [2.24, 2.45) is 0 Å². The van der Waals surface area contributed by atoms with E-state index in [-0.39, 0.29) is 42.4 Å². The summed E-state index contributed by atoms with van der Waals surface area (Å²) in [5.74, 6) is 0. The van der Waals surface area contributed by atoms with Crippen LogP contribution in [-0.4, -0.2) is 37.7 Å². The SMILES string of the molecule is O=P([O-])([O-])[O-].[Ca].[F]. The second-order valence-corrected chi connectivity index (χ2v) is 1.34. The Morgan fingerprint density at radius 2 is 1.14 bits per heavy atom. The molecule has 0 amide bonds. The third-order valence-electron chi connectivity index (χ3n) is 0. The maximum absolute atomic E-state index is 8.55. The molecule has 0 fully saturated rings. The van der Waals surface area contributed by atoms with Gasteiger partial charge in [-0.15, -0.1) is 0 Å². The molecule has 4 nitrogen and oxygen atoms in total. The van der Waals surface area contributed by atoms with Crippen molar-refractivity contribution >= 4 is 45.6 Å². The average molecular weight is 154 g/mol. The van der Waals surface area contributed by atoms with Gasteiger partial charge in [0.15, 0.2) is 0 Å². The summed E-state index contributed by atoms with van der Waals surface area (Å²) >= 11 is 0. The Balaban J connectivity index is -0.0000000800. The zero-order valence-electron chi connectivity index (χ0n) is 3.17. The Labute approximate surface area is 69.2 Å². The molecule has 3 radical (unpaired) electrons. The third kappa shape index (κ3) is 121. The Morgan fingerprint density at radius 1 is 1.14 bits per heavy atom. The van der Waals surface area contributed by atoms with Crippen LogP contribution in [0.25, 0.3) is 0 Å². The third-order valence-corrected chi connectivity index (χ3v) is 0. The van der Waals surface area contributed by atoms with Gasteiger partial charge in [-0.05, 0) is 0 Å². The summed E-state index contributed by atoms with van der Waals surface area (Å²) in [7, 11) is -5.39. The van der Waals surface area contributed by atoms with Gasteiger partial charge in [0, 0.05) is 42.4 Å². The van der Waals surface area contributed by atoms with Gasteiger partial charge in [-0.3, -0.25) is 0 Å². The van der Waals surface area contributed by atoms with E-state index in [1.165, 1.54) is 0 Å². The first kappa shape index (κ1) is 15.7. The molecule has 0 bridgehead atoms. The Morgan fingerprint density at radius 3 is 1.14 bits per heavy atom. The second kappa shape index (κ2) is 5.44. The quantitative estimate of drug-likeness (QED) is 0.279. The van der Waals surface area contributed by atoms with E-state index in [4.69, 9.17) is 19.2 Å². The minimum Gasteiger partial charge on any atom is -0.822 e. The van der Waals surface area contributed by atoms with Gasteiger partial charge in [0.25, 0.3) is 0 Å². The molecule has 0 atom stereocenters. The van der Waals surface area contributed by atoms with E-state index in [2.05, 4.69) is 0 Å². The first-order valence-electron chi connectivity index (χ1n) is 0.730. The maximum atomic E-state index is 8.55. The van der Waals surface area contributed by atoms with Gasteiger partial charge in [-0.25, -0.2) is 0 Å². The number of halogens is 1. The molecule has 0 aromatic carbocycles. The normalized spacial score (nSPS) is 8.43. The molecule has 0 aromatic heterocycles.